The Labute approximate surface area is 457 Å². The van der Waals surface area contributed by atoms with Gasteiger partial charge in [-0.3, -0.25) is 14.4 Å². The number of likely N-dealkylation sites (tertiary alicyclic amines) is 1. The lowest BCUT2D eigenvalue weighted by Gasteiger charge is -2.63. The Kier molecular flexibility index (Phi) is 19.5. The zero-order valence-corrected chi connectivity index (χ0v) is 46.5. The van der Waals surface area contributed by atoms with E-state index in [2.05, 4.69) is 73.3 Å². The molecule has 16 heteroatoms. The molecule has 76 heavy (non-hydrogen) atoms. The van der Waals surface area contributed by atoms with Crippen LogP contribution < -0.4 is 25.4 Å². The molecule has 3 N–H and O–H groups in total. The van der Waals surface area contributed by atoms with Crippen LogP contribution in [0.1, 0.15) is 119 Å². The lowest BCUT2D eigenvalue weighted by molar-refractivity contribution is -0.164. The highest BCUT2D eigenvalue weighted by Gasteiger charge is 2.64. The first-order valence-electron chi connectivity index (χ1n) is 27.1. The van der Waals surface area contributed by atoms with Crippen LogP contribution in [0, 0.1) is 28.1 Å². The summed E-state index contributed by atoms with van der Waals surface area (Å²) >= 11 is 7.85. The van der Waals surface area contributed by atoms with Crippen molar-refractivity contribution in [1.29, 1.82) is 5.26 Å². The Hall–Kier alpha value is -5.60. The molecule has 3 fully saturated rings. The average molecular weight is 1080 g/mol. The van der Waals surface area contributed by atoms with Gasteiger partial charge in [-0.25, -0.2) is 4.98 Å². The molecule has 0 spiro atoms. The van der Waals surface area contributed by atoms with Crippen molar-refractivity contribution in [2.24, 2.45) is 16.7 Å². The number of ether oxygens (including phenoxy) is 5. The van der Waals surface area contributed by atoms with Crippen LogP contribution in [-0.4, -0.2) is 112 Å². The lowest BCUT2D eigenvalue weighted by atomic mass is 9.49. The van der Waals surface area contributed by atoms with Gasteiger partial charge >= 0.3 is 0 Å². The molecule has 14 nitrogen and oxygen atoms in total. The summed E-state index contributed by atoms with van der Waals surface area (Å²) in [6.07, 6.45) is 8.48. The van der Waals surface area contributed by atoms with Crippen molar-refractivity contribution in [2.75, 3.05) is 59.8 Å². The average Bonchev–Trinajstić information content (AvgIpc) is 4.13. The van der Waals surface area contributed by atoms with Gasteiger partial charge in [-0.05, 0) is 106 Å². The van der Waals surface area contributed by atoms with E-state index in [4.69, 9.17) is 40.3 Å². The molecule has 0 radical (unpaired) electrons. The number of hydrogen-bond acceptors (Lipinski definition) is 12. The van der Waals surface area contributed by atoms with Crippen molar-refractivity contribution in [2.45, 2.75) is 123 Å². The molecule has 4 aromatic carbocycles. The summed E-state index contributed by atoms with van der Waals surface area (Å²) in [5, 5.41) is 24.0. The lowest BCUT2D eigenvalue weighted by Crippen LogP contribution is -2.74. The Morgan fingerprint density at radius 1 is 0.842 bits per heavy atom. The van der Waals surface area contributed by atoms with Crippen LogP contribution in [0.4, 0.5) is 0 Å². The molecule has 3 amide bonds. The van der Waals surface area contributed by atoms with Crippen molar-refractivity contribution in [3.63, 3.8) is 0 Å². The zero-order chi connectivity index (χ0) is 53.8. The van der Waals surface area contributed by atoms with Gasteiger partial charge in [-0.2, -0.15) is 5.26 Å². The number of hydrogen-bond donors (Lipinski definition) is 3. The number of aryl methyl sites for hydroxylation is 1. The molecule has 2 heterocycles. The molecule has 1 aliphatic heterocycles. The van der Waals surface area contributed by atoms with Crippen LogP contribution in [0.15, 0.2) is 84.2 Å². The van der Waals surface area contributed by atoms with Crippen molar-refractivity contribution in [3.8, 4) is 28.8 Å². The SMILES string of the molecule is CN[C@@H](C)C(=O)N[C@H](C(=O)N1CCC[C@H]1c1nc(-c2ccc(OCCOCCOCCOCCCc3ccc(C(=O)NC4C(C)(C)C(Oc5ccc(C#N)c(Cl)c5)C4(C)C)cc3)c3ccccc23)cs1)C1CCCCC1. The third-order valence-electron chi connectivity index (χ3n) is 15.6. The Morgan fingerprint density at radius 3 is 2.21 bits per heavy atom. The van der Waals surface area contributed by atoms with Crippen LogP contribution in [-0.2, 0) is 30.2 Å². The van der Waals surface area contributed by atoms with Crippen LogP contribution in [0.2, 0.25) is 5.02 Å². The molecule has 1 saturated heterocycles. The summed E-state index contributed by atoms with van der Waals surface area (Å²) in [5.74, 6) is 1.27. The van der Waals surface area contributed by atoms with E-state index >= 15 is 0 Å². The van der Waals surface area contributed by atoms with E-state index in [1.54, 1.807) is 36.6 Å². The monoisotopic (exact) mass is 1070 g/mol. The van der Waals surface area contributed by atoms with Gasteiger partial charge in [0.2, 0.25) is 11.8 Å². The minimum Gasteiger partial charge on any atom is -0.491 e. The molecule has 1 aromatic heterocycles. The molecule has 406 valence electrons. The van der Waals surface area contributed by atoms with Gasteiger partial charge in [0, 0.05) is 58.0 Å². The van der Waals surface area contributed by atoms with Gasteiger partial charge in [0.05, 0.1) is 61.4 Å². The van der Waals surface area contributed by atoms with Crippen molar-refractivity contribution in [1.82, 2.24) is 25.8 Å². The van der Waals surface area contributed by atoms with E-state index in [9.17, 15) is 19.6 Å². The Morgan fingerprint density at radius 2 is 1.53 bits per heavy atom. The number of nitrogens with zero attached hydrogens (tertiary/aromatic N) is 3. The smallest absolute Gasteiger partial charge is 0.251 e. The van der Waals surface area contributed by atoms with E-state index in [1.165, 1.54) is 6.42 Å². The van der Waals surface area contributed by atoms with Crippen LogP contribution in [0.3, 0.4) is 0 Å². The van der Waals surface area contributed by atoms with E-state index in [1.807, 2.05) is 54.3 Å². The largest absolute Gasteiger partial charge is 0.491 e. The Balaban J connectivity index is 0.708. The number of likely N-dealkylation sites (N-methyl/N-ethyl adjacent to an activating group) is 1. The second-order valence-corrected chi connectivity index (χ2v) is 22.9. The van der Waals surface area contributed by atoms with E-state index < -0.39 is 6.04 Å². The quantitative estimate of drug-likeness (QED) is 0.0475. The van der Waals surface area contributed by atoms with Gasteiger partial charge in [-0.1, -0.05) is 95.0 Å². The number of thiazole rings is 1. The summed E-state index contributed by atoms with van der Waals surface area (Å²) in [6.45, 7) is 14.1. The van der Waals surface area contributed by atoms with Crippen molar-refractivity contribution >= 4 is 51.4 Å². The van der Waals surface area contributed by atoms with Crippen LogP contribution in [0.25, 0.3) is 22.0 Å². The molecular formula is C60H75ClN6O8S. The number of fused-ring (bicyclic) bond motifs is 1. The van der Waals surface area contributed by atoms with Gasteiger partial charge in [-0.15, -0.1) is 11.3 Å². The summed E-state index contributed by atoms with van der Waals surface area (Å²) < 4.78 is 30.0. The van der Waals surface area contributed by atoms with Crippen LogP contribution >= 0.6 is 22.9 Å². The maximum atomic E-state index is 14.3. The molecule has 2 aliphatic carbocycles. The predicted octanol–water partition coefficient (Wildman–Crippen LogP) is 10.5. The fraction of sp³-hybridized carbons (Fsp3) is 0.517. The number of halogens is 1. The molecule has 0 bridgehead atoms. The number of benzene rings is 4. The minimum absolute atomic E-state index is 0.0149. The second-order valence-electron chi connectivity index (χ2n) is 21.6. The topological polar surface area (TPSA) is 173 Å². The fourth-order valence-electron chi connectivity index (χ4n) is 11.7. The fourth-order valence-corrected chi connectivity index (χ4v) is 12.9. The van der Waals surface area contributed by atoms with Crippen LogP contribution in [0.5, 0.6) is 11.5 Å². The summed E-state index contributed by atoms with van der Waals surface area (Å²) in [7, 11) is 1.76. The molecule has 2 saturated carbocycles. The summed E-state index contributed by atoms with van der Waals surface area (Å²) in [5.41, 5.74) is 3.33. The van der Waals surface area contributed by atoms with Crippen molar-refractivity contribution in [3.05, 3.63) is 111 Å². The van der Waals surface area contributed by atoms with Gasteiger partial charge in [0.25, 0.3) is 5.91 Å². The Bertz CT molecular complexity index is 2790. The number of nitriles is 1. The van der Waals surface area contributed by atoms with Gasteiger partial charge < -0.3 is 44.5 Å². The minimum atomic E-state index is -0.529. The maximum absolute atomic E-state index is 14.3. The highest BCUT2D eigenvalue weighted by Crippen LogP contribution is 2.55. The second kappa shape index (κ2) is 26.2. The first-order chi connectivity index (χ1) is 36.7. The number of rotatable bonds is 25. The molecule has 5 aromatic rings. The van der Waals surface area contributed by atoms with Crippen molar-refractivity contribution < 1.29 is 38.1 Å². The maximum Gasteiger partial charge on any atom is 0.251 e. The predicted molar refractivity (Wildman–Crippen MR) is 298 cm³/mol. The molecule has 0 unspecified atom stereocenters. The standard InChI is InChI=1S/C60H75ClN6O8S/c1-39(63-6)53(68)65-52(41-15-8-7-9-16-41)56(70)67-28-12-19-50(67)55-64-49(38-76-55)46-26-27-51(47-18-11-10-17-45(46)47)74-35-34-73-33-32-72-31-30-71-29-13-14-40-20-22-42(23-21-40)54(69)66-57-59(2,3)58(60(57,4)5)75-44-25-24-43(37-62)48(61)36-44/h10-11,17-18,20-27,36,38-39,41,50,52,57-58,63H,7-9,12-16,19,28-35H2,1-6H3,(H,65,68)(H,66,69)/t39-,50-,52-,57?,58?/m0/s1. The van der Waals surface area contributed by atoms with E-state index in [0.29, 0.717) is 74.7 Å². The summed E-state index contributed by atoms with van der Waals surface area (Å²) in [4.78, 5) is 47.9. The normalized spacial score (nSPS) is 19.8. The third kappa shape index (κ3) is 13.4. The number of carbonyl (C=O) groups excluding carboxylic acids is 3. The highest BCUT2D eigenvalue weighted by atomic mass is 35.5. The van der Waals surface area contributed by atoms with Gasteiger partial charge in [0.1, 0.15) is 41.3 Å². The van der Waals surface area contributed by atoms with E-state index in [-0.39, 0.29) is 58.7 Å². The number of carbonyl (C=O) groups is 3. The summed E-state index contributed by atoms with van der Waals surface area (Å²) in [6, 6.07) is 26.0. The highest BCUT2D eigenvalue weighted by molar-refractivity contribution is 7.10. The molecule has 8 rings (SSSR count). The number of amides is 3. The number of aromatic nitrogens is 1. The molecular weight excluding hydrogens is 1000 g/mol. The molecule has 3 aliphatic rings. The number of nitrogens with one attached hydrogen (secondary N) is 3. The van der Waals surface area contributed by atoms with Gasteiger partial charge in [0.15, 0.2) is 0 Å². The third-order valence-corrected chi connectivity index (χ3v) is 16.9. The molecule has 3 atom stereocenters. The first-order valence-corrected chi connectivity index (χ1v) is 28.3. The van der Waals surface area contributed by atoms with E-state index in [0.717, 1.165) is 89.7 Å². The zero-order valence-electron chi connectivity index (χ0n) is 45.0. The first kappa shape index (κ1) is 56.6.